The number of benzene rings is 2. The molecule has 4 nitrogen and oxygen atoms in total. The van der Waals surface area contributed by atoms with Crippen LogP contribution in [-0.4, -0.2) is 37.6 Å². The second-order valence-electron chi connectivity index (χ2n) is 7.52. The van der Waals surface area contributed by atoms with Crippen molar-refractivity contribution in [3.63, 3.8) is 0 Å². The molecule has 194 valence electrons. The van der Waals surface area contributed by atoms with Gasteiger partial charge in [-0.1, -0.05) is 46.9 Å². The highest BCUT2D eigenvalue weighted by Crippen LogP contribution is 2.42. The van der Waals surface area contributed by atoms with Gasteiger partial charge in [0.05, 0.1) is 33.7 Å². The second-order valence-corrected chi connectivity index (χ2v) is 8.72. The largest absolute Gasteiger partial charge is 0.417 e. The molecule has 0 aromatic heterocycles. The Bertz CT molecular complexity index is 1200. The molecule has 2 N–H and O–H groups in total. The van der Waals surface area contributed by atoms with Crippen molar-refractivity contribution in [2.45, 2.75) is 18.3 Å². The maximum atomic E-state index is 14.9. The van der Waals surface area contributed by atoms with E-state index in [2.05, 4.69) is 15.6 Å². The molecule has 0 fully saturated rings. The fraction of sp³-hybridized carbons (Fsp3) is 0.273. The van der Waals surface area contributed by atoms with E-state index in [9.17, 15) is 35.5 Å². The monoisotopic (exact) mass is 575 g/mol. The molecular weight excluding hydrogens is 562 g/mol. The number of hydrogen-bond donors (Lipinski definition) is 2. The third-order valence-electron chi connectivity index (χ3n) is 5.02. The Balaban J connectivity index is 1.98. The number of alkyl halides is 6. The number of guanidine groups is 1. The summed E-state index contributed by atoms with van der Waals surface area (Å²) in [6.45, 7) is 0.386. The Kier molecular flexibility index (Phi) is 8.47. The van der Waals surface area contributed by atoms with Crippen LogP contribution in [-0.2, 0) is 6.18 Å². The molecule has 1 unspecified atom stereocenters. The fourth-order valence-corrected chi connectivity index (χ4v) is 3.94. The van der Waals surface area contributed by atoms with E-state index in [1.54, 1.807) is 0 Å². The number of allylic oxidation sites excluding steroid dienone is 1. The molecular formula is C22H15Cl3F7N3O. The molecule has 2 aromatic carbocycles. The second kappa shape index (κ2) is 10.9. The molecule has 36 heavy (non-hydrogen) atoms. The van der Waals surface area contributed by atoms with Gasteiger partial charge in [0.25, 0.3) is 0 Å². The van der Waals surface area contributed by atoms with Crippen LogP contribution in [0.3, 0.4) is 0 Å². The van der Waals surface area contributed by atoms with Crippen LogP contribution in [0.25, 0.3) is 5.83 Å². The molecule has 0 radical (unpaired) electrons. The first kappa shape index (κ1) is 28.1. The van der Waals surface area contributed by atoms with E-state index < -0.39 is 58.7 Å². The first-order valence-corrected chi connectivity index (χ1v) is 11.2. The number of rotatable bonds is 6. The summed E-state index contributed by atoms with van der Waals surface area (Å²) >= 11 is 17.3. The number of carbonyl (C=O) groups excluding carboxylic acids is 1. The van der Waals surface area contributed by atoms with Gasteiger partial charge in [-0.05, 0) is 29.8 Å². The quantitative estimate of drug-likeness (QED) is 0.220. The summed E-state index contributed by atoms with van der Waals surface area (Å²) in [4.78, 5) is 16.3. The zero-order valence-corrected chi connectivity index (χ0v) is 20.1. The molecule has 0 spiro atoms. The number of nitrogens with zero attached hydrogens (tertiary/aromatic N) is 1. The molecule has 2 aromatic rings. The fourth-order valence-electron chi connectivity index (χ4n) is 3.32. The van der Waals surface area contributed by atoms with Gasteiger partial charge in [0.1, 0.15) is 11.7 Å². The van der Waals surface area contributed by atoms with Crippen LogP contribution in [0.5, 0.6) is 0 Å². The van der Waals surface area contributed by atoms with Crippen molar-refractivity contribution in [3.05, 3.63) is 73.7 Å². The van der Waals surface area contributed by atoms with E-state index in [1.165, 1.54) is 0 Å². The van der Waals surface area contributed by atoms with E-state index in [0.29, 0.717) is 19.2 Å². The summed E-state index contributed by atoms with van der Waals surface area (Å²) in [6, 6.07) is 3.43. The van der Waals surface area contributed by atoms with E-state index in [4.69, 9.17) is 34.8 Å². The number of halogens is 10. The lowest BCUT2D eigenvalue weighted by atomic mass is 9.95. The normalized spacial score (nSPS) is 15.4. The van der Waals surface area contributed by atoms with Crippen molar-refractivity contribution in [1.29, 1.82) is 0 Å². The number of carbonyl (C=O) groups is 1. The molecule has 0 bridgehead atoms. The minimum absolute atomic E-state index is 0.0956. The Morgan fingerprint density at radius 3 is 2.25 bits per heavy atom. The zero-order chi connectivity index (χ0) is 26.8. The summed E-state index contributed by atoms with van der Waals surface area (Å²) in [5.41, 5.74) is -3.67. The van der Waals surface area contributed by atoms with E-state index in [-0.39, 0.29) is 33.2 Å². The minimum atomic E-state index is -5.09. The highest BCUT2D eigenvalue weighted by atomic mass is 35.5. The summed E-state index contributed by atoms with van der Waals surface area (Å²) < 4.78 is 97.1. The minimum Gasteiger partial charge on any atom is -0.355 e. The van der Waals surface area contributed by atoms with Crippen molar-refractivity contribution in [3.8, 4) is 0 Å². The van der Waals surface area contributed by atoms with Crippen LogP contribution in [0.1, 0.15) is 33.0 Å². The third kappa shape index (κ3) is 6.63. The average Bonchev–Trinajstić information content (AvgIpc) is 3.31. The molecule has 3 rings (SSSR count). The van der Waals surface area contributed by atoms with Crippen molar-refractivity contribution in [1.82, 2.24) is 10.6 Å². The molecule has 0 saturated carbocycles. The highest BCUT2D eigenvalue weighted by Gasteiger charge is 2.41. The van der Waals surface area contributed by atoms with Gasteiger partial charge in [0.15, 0.2) is 11.7 Å². The first-order chi connectivity index (χ1) is 16.7. The van der Waals surface area contributed by atoms with Crippen LogP contribution in [0.4, 0.5) is 30.7 Å². The number of Topliss-reactive ketones (excluding diaryl/α,β-unsaturated/α-hetero) is 1. The number of aliphatic imine (C=N–C) groups is 1. The number of nitrogens with one attached hydrogen (secondary N) is 2. The Morgan fingerprint density at radius 2 is 1.72 bits per heavy atom. The molecule has 1 aliphatic heterocycles. The van der Waals surface area contributed by atoms with Crippen LogP contribution in [0.2, 0.25) is 15.1 Å². The van der Waals surface area contributed by atoms with Gasteiger partial charge in [-0.2, -0.15) is 26.3 Å². The lowest BCUT2D eigenvalue weighted by molar-refractivity contribution is -0.140. The first-order valence-electron chi connectivity index (χ1n) is 10.0. The third-order valence-corrected chi connectivity index (χ3v) is 6.22. The molecule has 0 saturated heterocycles. The van der Waals surface area contributed by atoms with Gasteiger partial charge in [-0.25, -0.2) is 4.39 Å². The summed E-state index contributed by atoms with van der Waals surface area (Å²) in [5.74, 6) is -4.95. The summed E-state index contributed by atoms with van der Waals surface area (Å²) in [7, 11) is 0. The van der Waals surface area contributed by atoms with Gasteiger partial charge >= 0.3 is 12.4 Å². The maximum absolute atomic E-state index is 14.9. The van der Waals surface area contributed by atoms with Crippen LogP contribution in [0.15, 0.2) is 41.4 Å². The maximum Gasteiger partial charge on any atom is 0.417 e. The van der Waals surface area contributed by atoms with Crippen LogP contribution >= 0.6 is 34.8 Å². The Morgan fingerprint density at radius 1 is 1.08 bits per heavy atom. The average molecular weight is 577 g/mol. The molecule has 1 heterocycles. The zero-order valence-electron chi connectivity index (χ0n) is 17.8. The highest BCUT2D eigenvalue weighted by molar-refractivity contribution is 6.48. The standard InChI is InChI=1S/C22H15Cl3F7N3O/c23-15-6-11(7-16(24)19(15)25)13(21(27,28)29)8-17(26)10-1-2-12(14(5-10)22(30,31)32)18(36)9-35-20-33-3-4-34-20/h1-2,5-8,13H,3-4,9H2,(H2,33,34,35)/b17-8-. The molecule has 0 aliphatic carbocycles. The lowest BCUT2D eigenvalue weighted by Gasteiger charge is -2.19. The number of hydrogen-bond acceptors (Lipinski definition) is 4. The molecule has 1 aliphatic rings. The summed E-state index contributed by atoms with van der Waals surface area (Å²) in [6.07, 6.45) is -10.0. The van der Waals surface area contributed by atoms with E-state index >= 15 is 0 Å². The summed E-state index contributed by atoms with van der Waals surface area (Å²) in [5, 5.41) is 4.47. The van der Waals surface area contributed by atoms with Gasteiger partial charge < -0.3 is 10.6 Å². The van der Waals surface area contributed by atoms with Crippen LogP contribution in [0, 0.1) is 0 Å². The van der Waals surface area contributed by atoms with Gasteiger partial charge in [-0.3, -0.25) is 9.79 Å². The van der Waals surface area contributed by atoms with Crippen molar-refractivity contribution in [2.24, 2.45) is 4.99 Å². The SMILES string of the molecule is O=C(CNC1=NCCN1)c1ccc(/C(F)=C/C(c2cc(Cl)c(Cl)c(Cl)c2)C(F)(F)F)cc1C(F)(F)F. The van der Waals surface area contributed by atoms with Crippen molar-refractivity contribution >= 4 is 52.4 Å². The predicted octanol–water partition coefficient (Wildman–Crippen LogP) is 7.05. The van der Waals surface area contributed by atoms with Gasteiger partial charge in [0.2, 0.25) is 0 Å². The molecule has 14 heteroatoms. The van der Waals surface area contributed by atoms with Crippen molar-refractivity contribution < 1.29 is 35.5 Å². The molecule has 1 atom stereocenters. The van der Waals surface area contributed by atoms with Crippen molar-refractivity contribution in [2.75, 3.05) is 19.6 Å². The number of ketones is 1. The smallest absolute Gasteiger partial charge is 0.355 e. The Labute approximate surface area is 215 Å². The lowest BCUT2D eigenvalue weighted by Crippen LogP contribution is -2.37. The predicted molar refractivity (Wildman–Crippen MR) is 123 cm³/mol. The van der Waals surface area contributed by atoms with Gasteiger partial charge in [0, 0.05) is 17.7 Å². The Hall–Kier alpha value is -2.50. The molecule has 0 amide bonds. The van der Waals surface area contributed by atoms with E-state index in [1.807, 2.05) is 0 Å². The van der Waals surface area contributed by atoms with E-state index in [0.717, 1.165) is 18.2 Å². The topological polar surface area (TPSA) is 53.5 Å². The van der Waals surface area contributed by atoms with Crippen LogP contribution < -0.4 is 10.6 Å². The van der Waals surface area contributed by atoms with Gasteiger partial charge in [-0.15, -0.1) is 0 Å².